The minimum Gasteiger partial charge on any atom is -0.497 e. The quantitative estimate of drug-likeness (QED) is 0.533. The number of methoxy groups -OCH3 is 1. The number of hydrogen-bond donors (Lipinski definition) is 1. The van der Waals surface area contributed by atoms with Crippen LogP contribution in [0.3, 0.4) is 0 Å². The van der Waals surface area contributed by atoms with E-state index in [1.807, 2.05) is 36.4 Å². The van der Waals surface area contributed by atoms with Crippen LogP contribution in [0, 0.1) is 4.77 Å². The largest absolute Gasteiger partial charge is 0.497 e. The number of aromatic nitrogens is 3. The number of nitrogens with one attached hydrogen (secondary N) is 1. The second-order valence-corrected chi connectivity index (χ2v) is 7.40. The normalized spacial score (nSPS) is 11.8. The molecule has 0 fully saturated rings. The Balaban J connectivity index is 1.91. The molecule has 1 aromatic heterocycles. The molecule has 1 N–H and O–H groups in total. The van der Waals surface area contributed by atoms with Gasteiger partial charge in [-0.1, -0.05) is 45.0 Å². The van der Waals surface area contributed by atoms with Crippen molar-refractivity contribution in [3.05, 3.63) is 64.4 Å². The van der Waals surface area contributed by atoms with Gasteiger partial charge < -0.3 is 4.74 Å². The molecule has 0 saturated carbocycles. The summed E-state index contributed by atoms with van der Waals surface area (Å²) in [5.74, 6) is 1.49. The Morgan fingerprint density at radius 2 is 1.73 bits per heavy atom. The Labute approximate surface area is 158 Å². The van der Waals surface area contributed by atoms with E-state index in [-0.39, 0.29) is 5.41 Å². The molecular formula is C20H22N4OS. The number of aromatic amines is 1. The molecule has 0 aliphatic heterocycles. The lowest BCUT2D eigenvalue weighted by molar-refractivity contribution is 0.415. The van der Waals surface area contributed by atoms with Crippen LogP contribution in [0.5, 0.6) is 5.75 Å². The third kappa shape index (κ3) is 3.91. The Morgan fingerprint density at radius 1 is 1.08 bits per heavy atom. The van der Waals surface area contributed by atoms with Crippen LogP contribution in [0.4, 0.5) is 0 Å². The number of ether oxygens (including phenoxy) is 1. The van der Waals surface area contributed by atoms with Gasteiger partial charge in [-0.3, -0.25) is 0 Å². The van der Waals surface area contributed by atoms with Gasteiger partial charge in [0, 0.05) is 5.56 Å². The van der Waals surface area contributed by atoms with E-state index in [9.17, 15) is 0 Å². The highest BCUT2D eigenvalue weighted by atomic mass is 32.1. The van der Waals surface area contributed by atoms with Gasteiger partial charge in [-0.05, 0) is 53.0 Å². The highest BCUT2D eigenvalue weighted by Gasteiger charge is 2.14. The molecule has 0 amide bonds. The fourth-order valence-corrected chi connectivity index (χ4v) is 2.70. The van der Waals surface area contributed by atoms with Crippen LogP contribution in [0.2, 0.25) is 0 Å². The Hall–Kier alpha value is -2.73. The topological polar surface area (TPSA) is 55.2 Å². The van der Waals surface area contributed by atoms with Crippen molar-refractivity contribution in [3.8, 4) is 17.1 Å². The van der Waals surface area contributed by atoms with E-state index < -0.39 is 0 Å². The summed E-state index contributed by atoms with van der Waals surface area (Å²) >= 11 is 5.32. The first-order chi connectivity index (χ1) is 12.4. The average molecular weight is 366 g/mol. The standard InChI is InChI=1S/C20H22N4OS/c1-20(2,3)16-9-7-15(8-10-16)18-22-23-19(26)24(18)21-13-14-5-11-17(25-4)12-6-14/h5-13H,1-4H3,(H,23,26). The first kappa shape index (κ1) is 18.1. The van der Waals surface area contributed by atoms with Crippen molar-refractivity contribution in [2.24, 2.45) is 5.10 Å². The zero-order chi connectivity index (χ0) is 18.7. The van der Waals surface area contributed by atoms with E-state index in [1.165, 1.54) is 5.56 Å². The molecule has 134 valence electrons. The SMILES string of the molecule is COc1ccc(C=Nn2c(-c3ccc(C(C)(C)C)cc3)n[nH]c2=S)cc1. The summed E-state index contributed by atoms with van der Waals surface area (Å²) < 4.78 is 7.25. The molecule has 0 bridgehead atoms. The average Bonchev–Trinajstić information content (AvgIpc) is 3.00. The lowest BCUT2D eigenvalue weighted by Gasteiger charge is -2.18. The predicted octanol–water partition coefficient (Wildman–Crippen LogP) is 4.80. The van der Waals surface area contributed by atoms with Gasteiger partial charge in [0.15, 0.2) is 5.82 Å². The van der Waals surface area contributed by atoms with Crippen LogP contribution in [0.15, 0.2) is 53.6 Å². The maximum absolute atomic E-state index is 5.32. The molecule has 0 aliphatic carbocycles. The number of nitrogens with zero attached hydrogens (tertiary/aromatic N) is 3. The van der Waals surface area contributed by atoms with E-state index in [2.05, 4.69) is 48.2 Å². The highest BCUT2D eigenvalue weighted by molar-refractivity contribution is 7.71. The molecule has 0 radical (unpaired) electrons. The number of benzene rings is 2. The Morgan fingerprint density at radius 3 is 2.31 bits per heavy atom. The fourth-order valence-electron chi connectivity index (χ4n) is 2.52. The fraction of sp³-hybridized carbons (Fsp3) is 0.250. The highest BCUT2D eigenvalue weighted by Crippen LogP contribution is 2.25. The van der Waals surface area contributed by atoms with Gasteiger partial charge in [-0.25, -0.2) is 5.10 Å². The lowest BCUT2D eigenvalue weighted by Crippen LogP contribution is -2.10. The molecule has 3 rings (SSSR count). The van der Waals surface area contributed by atoms with Crippen LogP contribution in [0.25, 0.3) is 11.4 Å². The van der Waals surface area contributed by atoms with Crippen LogP contribution in [0.1, 0.15) is 31.9 Å². The van der Waals surface area contributed by atoms with Crippen molar-refractivity contribution < 1.29 is 4.74 Å². The Bertz CT molecular complexity index is 961. The summed E-state index contributed by atoms with van der Waals surface area (Å²) in [6, 6.07) is 16.0. The second-order valence-electron chi connectivity index (χ2n) is 7.01. The van der Waals surface area contributed by atoms with Gasteiger partial charge in [-0.2, -0.15) is 14.9 Å². The van der Waals surface area contributed by atoms with Gasteiger partial charge in [-0.15, -0.1) is 0 Å². The van der Waals surface area contributed by atoms with Crippen molar-refractivity contribution in [3.63, 3.8) is 0 Å². The first-order valence-electron chi connectivity index (χ1n) is 8.35. The lowest BCUT2D eigenvalue weighted by atomic mass is 9.87. The monoisotopic (exact) mass is 366 g/mol. The Kier molecular flexibility index (Phi) is 5.04. The van der Waals surface area contributed by atoms with Crippen LogP contribution in [-0.2, 0) is 5.41 Å². The molecule has 26 heavy (non-hydrogen) atoms. The van der Waals surface area contributed by atoms with Gasteiger partial charge in [0.2, 0.25) is 4.77 Å². The predicted molar refractivity (Wildman–Crippen MR) is 108 cm³/mol. The van der Waals surface area contributed by atoms with Crippen LogP contribution < -0.4 is 4.74 Å². The van der Waals surface area contributed by atoms with E-state index in [4.69, 9.17) is 17.0 Å². The smallest absolute Gasteiger partial charge is 0.216 e. The second kappa shape index (κ2) is 7.25. The zero-order valence-electron chi connectivity index (χ0n) is 15.4. The van der Waals surface area contributed by atoms with Crippen molar-refractivity contribution >= 4 is 18.4 Å². The first-order valence-corrected chi connectivity index (χ1v) is 8.76. The van der Waals surface area contributed by atoms with Crippen LogP contribution in [-0.4, -0.2) is 28.2 Å². The molecule has 0 atom stereocenters. The van der Waals surface area contributed by atoms with Gasteiger partial charge >= 0.3 is 0 Å². The molecule has 0 spiro atoms. The summed E-state index contributed by atoms with van der Waals surface area (Å²) in [6.45, 7) is 6.58. The molecule has 0 aliphatic rings. The zero-order valence-corrected chi connectivity index (χ0v) is 16.2. The summed E-state index contributed by atoms with van der Waals surface area (Å²) in [5, 5.41) is 11.6. The minimum absolute atomic E-state index is 0.107. The number of hydrogen-bond acceptors (Lipinski definition) is 4. The molecule has 2 aromatic carbocycles. The third-order valence-corrected chi connectivity index (χ3v) is 4.36. The molecule has 0 unspecified atom stereocenters. The van der Waals surface area contributed by atoms with Gasteiger partial charge in [0.25, 0.3) is 0 Å². The minimum atomic E-state index is 0.107. The molecule has 0 saturated heterocycles. The molecule has 3 aromatic rings. The maximum atomic E-state index is 5.32. The summed E-state index contributed by atoms with van der Waals surface area (Å²) in [6.07, 6.45) is 1.75. The van der Waals surface area contributed by atoms with Crippen molar-refractivity contribution in [1.29, 1.82) is 0 Å². The third-order valence-electron chi connectivity index (χ3n) is 4.10. The number of H-pyrrole nitrogens is 1. The van der Waals surface area contributed by atoms with Crippen LogP contribution >= 0.6 is 12.2 Å². The molecule has 1 heterocycles. The summed E-state index contributed by atoms with van der Waals surface area (Å²) in [5.41, 5.74) is 3.28. The van der Waals surface area contributed by atoms with E-state index in [0.29, 0.717) is 10.6 Å². The van der Waals surface area contributed by atoms with Crippen molar-refractivity contribution in [2.45, 2.75) is 26.2 Å². The van der Waals surface area contributed by atoms with E-state index >= 15 is 0 Å². The molecule has 5 nitrogen and oxygen atoms in total. The van der Waals surface area contributed by atoms with Gasteiger partial charge in [0.1, 0.15) is 5.75 Å². The summed E-state index contributed by atoms with van der Waals surface area (Å²) in [4.78, 5) is 0. The molecular weight excluding hydrogens is 344 g/mol. The van der Waals surface area contributed by atoms with E-state index in [1.54, 1.807) is 18.0 Å². The number of rotatable bonds is 4. The summed E-state index contributed by atoms with van der Waals surface area (Å²) in [7, 11) is 1.64. The van der Waals surface area contributed by atoms with E-state index in [0.717, 1.165) is 16.9 Å². The van der Waals surface area contributed by atoms with Gasteiger partial charge in [0.05, 0.1) is 13.3 Å². The van der Waals surface area contributed by atoms with Crippen molar-refractivity contribution in [1.82, 2.24) is 14.9 Å². The maximum Gasteiger partial charge on any atom is 0.216 e. The van der Waals surface area contributed by atoms with Crippen molar-refractivity contribution in [2.75, 3.05) is 7.11 Å². The molecule has 6 heteroatoms.